The van der Waals surface area contributed by atoms with Gasteiger partial charge in [0.1, 0.15) is 10.9 Å². The van der Waals surface area contributed by atoms with Crippen molar-refractivity contribution in [2.24, 2.45) is 0 Å². The Hall–Kier alpha value is -3.91. The molecule has 33 heavy (non-hydrogen) atoms. The molecule has 0 aliphatic carbocycles. The third-order valence-electron chi connectivity index (χ3n) is 5.43. The Labute approximate surface area is 191 Å². The normalized spacial score (nSPS) is 16.2. The first-order valence-corrected chi connectivity index (χ1v) is 11.6. The molecule has 1 amide bonds. The molecule has 4 rings (SSSR count). The quantitative estimate of drug-likeness (QED) is 0.572. The van der Waals surface area contributed by atoms with Gasteiger partial charge in [-0.2, -0.15) is 0 Å². The van der Waals surface area contributed by atoms with Gasteiger partial charge in [0.25, 0.3) is 5.91 Å². The fourth-order valence-electron chi connectivity index (χ4n) is 3.85. The predicted molar refractivity (Wildman–Crippen MR) is 122 cm³/mol. The van der Waals surface area contributed by atoms with Crippen LogP contribution in [-0.2, 0) is 19.4 Å². The number of hydrogen-bond donors (Lipinski definition) is 1. The SMILES string of the molecule is COC(=O)c1ccc([C@H]2C(S(=O)(=O)c3ccccc3)=C(O)C(=O)N2c2cccc(C)c2)cc1. The lowest BCUT2D eigenvalue weighted by molar-refractivity contribution is -0.117. The van der Waals surface area contributed by atoms with Crippen molar-refractivity contribution in [2.75, 3.05) is 12.0 Å². The molecule has 1 atom stereocenters. The molecule has 3 aromatic rings. The molecule has 1 aliphatic heterocycles. The molecule has 0 fully saturated rings. The molecule has 3 aromatic carbocycles. The number of aliphatic hydroxyl groups is 1. The minimum Gasteiger partial charge on any atom is -0.502 e. The third-order valence-corrected chi connectivity index (χ3v) is 7.32. The number of carbonyl (C=O) groups excluding carboxylic acids is 2. The molecule has 1 aliphatic rings. The average molecular weight is 464 g/mol. The molecule has 1 heterocycles. The van der Waals surface area contributed by atoms with Gasteiger partial charge in [-0.15, -0.1) is 0 Å². The van der Waals surface area contributed by atoms with Crippen molar-refractivity contribution in [3.05, 3.63) is 106 Å². The van der Waals surface area contributed by atoms with Gasteiger partial charge in [-0.25, -0.2) is 13.2 Å². The Morgan fingerprint density at radius 3 is 2.24 bits per heavy atom. The van der Waals surface area contributed by atoms with Gasteiger partial charge in [-0.1, -0.05) is 42.5 Å². The second kappa shape index (κ2) is 8.55. The highest BCUT2D eigenvalue weighted by atomic mass is 32.2. The summed E-state index contributed by atoms with van der Waals surface area (Å²) >= 11 is 0. The molecule has 0 spiro atoms. The first-order valence-electron chi connectivity index (χ1n) is 10.1. The number of benzene rings is 3. The van der Waals surface area contributed by atoms with E-state index in [1.165, 1.54) is 36.3 Å². The van der Waals surface area contributed by atoms with Crippen LogP contribution in [-0.4, -0.2) is 32.5 Å². The summed E-state index contributed by atoms with van der Waals surface area (Å²) in [5.74, 6) is -2.20. The molecular weight excluding hydrogens is 442 g/mol. The van der Waals surface area contributed by atoms with E-state index in [2.05, 4.69) is 0 Å². The molecule has 7 nitrogen and oxygen atoms in total. The molecule has 8 heteroatoms. The van der Waals surface area contributed by atoms with Crippen LogP contribution in [0.15, 0.2) is 94.4 Å². The molecular formula is C25H21NO6S. The van der Waals surface area contributed by atoms with E-state index in [0.717, 1.165) is 5.56 Å². The average Bonchev–Trinajstić information content (AvgIpc) is 3.10. The van der Waals surface area contributed by atoms with Crippen molar-refractivity contribution in [3.8, 4) is 0 Å². The van der Waals surface area contributed by atoms with Crippen molar-refractivity contribution in [1.82, 2.24) is 0 Å². The summed E-state index contributed by atoms with van der Waals surface area (Å²) in [6.45, 7) is 1.85. The maximum atomic E-state index is 13.6. The molecule has 0 unspecified atom stereocenters. The molecule has 0 radical (unpaired) electrons. The Bertz CT molecular complexity index is 1360. The summed E-state index contributed by atoms with van der Waals surface area (Å²) in [5.41, 5.74) is 1.98. The van der Waals surface area contributed by atoms with Crippen molar-refractivity contribution < 1.29 is 27.9 Å². The van der Waals surface area contributed by atoms with E-state index in [0.29, 0.717) is 11.3 Å². The van der Waals surface area contributed by atoms with E-state index in [-0.39, 0.29) is 10.5 Å². The molecule has 0 saturated carbocycles. The maximum absolute atomic E-state index is 13.6. The number of esters is 1. The first-order chi connectivity index (χ1) is 15.8. The molecule has 1 N–H and O–H groups in total. The topological polar surface area (TPSA) is 101 Å². The summed E-state index contributed by atoms with van der Waals surface area (Å²) in [5, 5.41) is 10.8. The highest BCUT2D eigenvalue weighted by Crippen LogP contribution is 2.44. The van der Waals surface area contributed by atoms with Gasteiger partial charge in [0, 0.05) is 5.69 Å². The van der Waals surface area contributed by atoms with Gasteiger partial charge in [0.2, 0.25) is 9.84 Å². The van der Waals surface area contributed by atoms with Gasteiger partial charge in [0.05, 0.1) is 17.6 Å². The van der Waals surface area contributed by atoms with Gasteiger partial charge < -0.3 is 9.84 Å². The minimum absolute atomic E-state index is 0.0402. The second-order valence-corrected chi connectivity index (χ2v) is 9.48. The Kier molecular flexibility index (Phi) is 5.78. The molecule has 0 aromatic heterocycles. The highest BCUT2D eigenvalue weighted by molar-refractivity contribution is 7.95. The number of methoxy groups -OCH3 is 1. The molecule has 0 bridgehead atoms. The number of sulfone groups is 1. The number of ether oxygens (including phenoxy) is 1. The van der Waals surface area contributed by atoms with Crippen molar-refractivity contribution in [1.29, 1.82) is 0 Å². The largest absolute Gasteiger partial charge is 0.502 e. The zero-order valence-electron chi connectivity index (χ0n) is 17.9. The van der Waals surface area contributed by atoms with Crippen LogP contribution in [0.5, 0.6) is 0 Å². The van der Waals surface area contributed by atoms with Crippen LogP contribution in [0.25, 0.3) is 0 Å². The van der Waals surface area contributed by atoms with Crippen LogP contribution in [0.1, 0.15) is 27.5 Å². The third kappa shape index (κ3) is 3.89. The summed E-state index contributed by atoms with van der Waals surface area (Å²) in [6, 6.07) is 19.6. The summed E-state index contributed by atoms with van der Waals surface area (Å²) in [6.07, 6.45) is 0. The summed E-state index contributed by atoms with van der Waals surface area (Å²) < 4.78 is 31.9. The van der Waals surface area contributed by atoms with E-state index >= 15 is 0 Å². The first kappa shape index (κ1) is 22.3. The number of nitrogens with zero attached hydrogens (tertiary/aromatic N) is 1. The van der Waals surface area contributed by atoms with Gasteiger partial charge in [-0.3, -0.25) is 9.69 Å². The van der Waals surface area contributed by atoms with Gasteiger partial charge in [-0.05, 0) is 54.4 Å². The molecule has 168 valence electrons. The van der Waals surface area contributed by atoms with Crippen molar-refractivity contribution >= 4 is 27.4 Å². The number of hydrogen-bond acceptors (Lipinski definition) is 6. The van der Waals surface area contributed by atoms with Crippen LogP contribution in [0, 0.1) is 6.92 Å². The lowest BCUT2D eigenvalue weighted by Crippen LogP contribution is -2.31. The number of rotatable bonds is 5. The lowest BCUT2D eigenvalue weighted by atomic mass is 10.0. The highest BCUT2D eigenvalue weighted by Gasteiger charge is 2.47. The van der Waals surface area contributed by atoms with Crippen molar-refractivity contribution in [3.63, 3.8) is 0 Å². The fraction of sp³-hybridized carbons (Fsp3) is 0.120. The zero-order chi connectivity index (χ0) is 23.8. The van der Waals surface area contributed by atoms with Crippen LogP contribution in [0.3, 0.4) is 0 Å². The predicted octanol–water partition coefficient (Wildman–Crippen LogP) is 4.11. The molecule has 0 saturated heterocycles. The van der Waals surface area contributed by atoms with Crippen LogP contribution >= 0.6 is 0 Å². The number of carbonyl (C=O) groups is 2. The maximum Gasteiger partial charge on any atom is 0.337 e. The van der Waals surface area contributed by atoms with E-state index in [4.69, 9.17) is 4.74 Å². The number of anilines is 1. The summed E-state index contributed by atoms with van der Waals surface area (Å²) in [7, 11) is -2.96. The Morgan fingerprint density at radius 1 is 0.970 bits per heavy atom. The van der Waals surface area contributed by atoms with Crippen LogP contribution in [0.4, 0.5) is 5.69 Å². The fourth-order valence-corrected chi connectivity index (χ4v) is 5.49. The summed E-state index contributed by atoms with van der Waals surface area (Å²) in [4.78, 5) is 25.8. The smallest absolute Gasteiger partial charge is 0.337 e. The lowest BCUT2D eigenvalue weighted by Gasteiger charge is -2.27. The van der Waals surface area contributed by atoms with Crippen LogP contribution in [0.2, 0.25) is 0 Å². The number of amides is 1. The van der Waals surface area contributed by atoms with Gasteiger partial charge >= 0.3 is 5.97 Å². The second-order valence-electron chi connectivity index (χ2n) is 7.56. The standard InChI is InChI=1S/C25H21NO6S/c1-16-7-6-8-19(15-16)26-21(17-11-13-18(14-12-17)25(29)32-2)23(22(27)24(26)28)33(30,31)20-9-4-3-5-10-20/h3-15,21,27H,1-2H3/t21-/m0/s1. The zero-order valence-corrected chi connectivity index (χ0v) is 18.7. The van der Waals surface area contributed by atoms with Crippen LogP contribution < -0.4 is 4.90 Å². The number of aryl methyl sites for hydroxylation is 1. The minimum atomic E-state index is -4.22. The number of aliphatic hydroxyl groups excluding tert-OH is 1. The Balaban J connectivity index is 1.92. The van der Waals surface area contributed by atoms with E-state index in [1.807, 2.05) is 13.0 Å². The van der Waals surface area contributed by atoms with E-state index in [9.17, 15) is 23.1 Å². The van der Waals surface area contributed by atoms with E-state index in [1.54, 1.807) is 48.5 Å². The monoisotopic (exact) mass is 463 g/mol. The van der Waals surface area contributed by atoms with Crippen molar-refractivity contribution in [2.45, 2.75) is 17.9 Å². The van der Waals surface area contributed by atoms with E-state index < -0.39 is 38.4 Å². The Morgan fingerprint density at radius 2 is 1.64 bits per heavy atom. The van der Waals surface area contributed by atoms with Gasteiger partial charge in [0.15, 0.2) is 5.76 Å².